The standard InChI is InChI=1S/C17H20N2O3/c1-21-15-6-2-3-7-16(15)22-13-8-11-19(12-9-13)14-5-4-10-18-17(14)20/h2-7,10,13H,8-9,11-12H2,1H3,(H,18,20). The number of hydrogen-bond acceptors (Lipinski definition) is 4. The summed E-state index contributed by atoms with van der Waals surface area (Å²) in [7, 11) is 1.65. The predicted octanol–water partition coefficient (Wildman–Crippen LogP) is 2.43. The number of methoxy groups -OCH3 is 1. The molecule has 1 aromatic carbocycles. The zero-order valence-corrected chi connectivity index (χ0v) is 12.6. The van der Waals surface area contributed by atoms with E-state index < -0.39 is 0 Å². The molecule has 2 aromatic rings. The van der Waals surface area contributed by atoms with Crippen LogP contribution >= 0.6 is 0 Å². The SMILES string of the molecule is COc1ccccc1OC1CCN(c2ccc[nH]c2=O)CC1. The Morgan fingerprint density at radius 3 is 2.50 bits per heavy atom. The molecule has 1 aliphatic rings. The Bertz CT molecular complexity index is 675. The summed E-state index contributed by atoms with van der Waals surface area (Å²) in [4.78, 5) is 16.7. The van der Waals surface area contributed by atoms with E-state index in [0.717, 1.165) is 43.1 Å². The van der Waals surface area contributed by atoms with Crippen LogP contribution in [-0.4, -0.2) is 31.3 Å². The Morgan fingerprint density at radius 1 is 1.09 bits per heavy atom. The summed E-state index contributed by atoms with van der Waals surface area (Å²) in [5.41, 5.74) is 0.699. The summed E-state index contributed by atoms with van der Waals surface area (Å²) in [6.45, 7) is 1.62. The monoisotopic (exact) mass is 300 g/mol. The molecule has 0 bridgehead atoms. The van der Waals surface area contributed by atoms with E-state index in [9.17, 15) is 4.79 Å². The number of rotatable bonds is 4. The summed E-state index contributed by atoms with van der Waals surface area (Å²) in [5.74, 6) is 1.53. The molecule has 0 saturated carbocycles. The molecule has 0 radical (unpaired) electrons. The summed E-state index contributed by atoms with van der Waals surface area (Å²) in [6.07, 6.45) is 3.57. The molecule has 0 unspecified atom stereocenters. The van der Waals surface area contributed by atoms with Gasteiger partial charge in [-0.25, -0.2) is 0 Å². The first-order valence-corrected chi connectivity index (χ1v) is 7.50. The van der Waals surface area contributed by atoms with Crippen LogP contribution in [0.25, 0.3) is 0 Å². The second kappa shape index (κ2) is 6.56. The van der Waals surface area contributed by atoms with Crippen molar-refractivity contribution in [1.29, 1.82) is 0 Å². The highest BCUT2D eigenvalue weighted by Crippen LogP contribution is 2.29. The van der Waals surface area contributed by atoms with Gasteiger partial charge in [-0.05, 0) is 24.3 Å². The van der Waals surface area contributed by atoms with Gasteiger partial charge in [-0.1, -0.05) is 12.1 Å². The van der Waals surface area contributed by atoms with Gasteiger partial charge in [0.2, 0.25) is 0 Å². The molecule has 0 atom stereocenters. The van der Waals surface area contributed by atoms with Crippen molar-refractivity contribution in [3.05, 3.63) is 52.9 Å². The first-order valence-electron chi connectivity index (χ1n) is 7.50. The number of H-pyrrole nitrogens is 1. The highest BCUT2D eigenvalue weighted by molar-refractivity contribution is 5.44. The summed E-state index contributed by atoms with van der Waals surface area (Å²) in [5, 5.41) is 0. The fourth-order valence-electron chi connectivity index (χ4n) is 2.77. The highest BCUT2D eigenvalue weighted by Gasteiger charge is 2.22. The summed E-state index contributed by atoms with van der Waals surface area (Å²) < 4.78 is 11.4. The van der Waals surface area contributed by atoms with Gasteiger partial charge in [0.05, 0.1) is 7.11 Å². The third-order valence-electron chi connectivity index (χ3n) is 3.94. The maximum atomic E-state index is 11.8. The second-order valence-corrected chi connectivity index (χ2v) is 5.34. The molecule has 1 aliphatic heterocycles. The normalized spacial score (nSPS) is 15.6. The van der Waals surface area contributed by atoms with Crippen molar-refractivity contribution in [2.24, 2.45) is 0 Å². The first-order chi connectivity index (χ1) is 10.8. The minimum absolute atomic E-state index is 0.0356. The Balaban J connectivity index is 1.63. The van der Waals surface area contributed by atoms with E-state index in [0.29, 0.717) is 0 Å². The molecule has 5 nitrogen and oxygen atoms in total. The number of anilines is 1. The fraction of sp³-hybridized carbons (Fsp3) is 0.353. The van der Waals surface area contributed by atoms with E-state index >= 15 is 0 Å². The van der Waals surface area contributed by atoms with Crippen molar-refractivity contribution in [3.8, 4) is 11.5 Å². The molecule has 0 spiro atoms. The van der Waals surface area contributed by atoms with E-state index in [-0.39, 0.29) is 11.7 Å². The molecule has 22 heavy (non-hydrogen) atoms. The van der Waals surface area contributed by atoms with E-state index in [1.807, 2.05) is 36.4 Å². The van der Waals surface area contributed by atoms with Gasteiger partial charge in [-0.3, -0.25) is 4.79 Å². The third kappa shape index (κ3) is 3.08. The zero-order valence-electron chi connectivity index (χ0n) is 12.6. The van der Waals surface area contributed by atoms with E-state index in [1.54, 1.807) is 13.3 Å². The molecule has 0 amide bonds. The van der Waals surface area contributed by atoms with Crippen LogP contribution in [0.4, 0.5) is 5.69 Å². The smallest absolute Gasteiger partial charge is 0.271 e. The molecule has 116 valence electrons. The molecule has 1 saturated heterocycles. The maximum Gasteiger partial charge on any atom is 0.271 e. The largest absolute Gasteiger partial charge is 0.493 e. The lowest BCUT2D eigenvalue weighted by atomic mass is 10.1. The number of nitrogens with zero attached hydrogens (tertiary/aromatic N) is 1. The van der Waals surface area contributed by atoms with Crippen LogP contribution in [-0.2, 0) is 0 Å². The van der Waals surface area contributed by atoms with Gasteiger partial charge in [0.1, 0.15) is 11.8 Å². The Kier molecular flexibility index (Phi) is 4.32. The molecule has 0 aliphatic carbocycles. The van der Waals surface area contributed by atoms with Gasteiger partial charge in [-0.2, -0.15) is 0 Å². The number of benzene rings is 1. The van der Waals surface area contributed by atoms with Gasteiger partial charge in [0.25, 0.3) is 5.56 Å². The number of aromatic amines is 1. The molecular formula is C17H20N2O3. The number of nitrogens with one attached hydrogen (secondary N) is 1. The fourth-order valence-corrected chi connectivity index (χ4v) is 2.77. The summed E-state index contributed by atoms with van der Waals surface area (Å²) >= 11 is 0. The van der Waals surface area contributed by atoms with Crippen molar-refractivity contribution in [2.45, 2.75) is 18.9 Å². The van der Waals surface area contributed by atoms with Crippen molar-refractivity contribution in [1.82, 2.24) is 4.98 Å². The van der Waals surface area contributed by atoms with Gasteiger partial charge >= 0.3 is 0 Å². The van der Waals surface area contributed by atoms with E-state index in [2.05, 4.69) is 9.88 Å². The average Bonchev–Trinajstić information content (AvgIpc) is 2.57. The molecular weight excluding hydrogens is 280 g/mol. The lowest BCUT2D eigenvalue weighted by Crippen LogP contribution is -2.40. The van der Waals surface area contributed by atoms with E-state index in [4.69, 9.17) is 9.47 Å². The molecule has 3 rings (SSSR count). The number of hydrogen-bond donors (Lipinski definition) is 1. The molecule has 1 N–H and O–H groups in total. The van der Waals surface area contributed by atoms with E-state index in [1.165, 1.54) is 0 Å². The maximum absolute atomic E-state index is 11.8. The van der Waals surface area contributed by atoms with Crippen LogP contribution in [0, 0.1) is 0 Å². The molecule has 1 fully saturated rings. The average molecular weight is 300 g/mol. The number of ether oxygens (including phenoxy) is 2. The van der Waals surface area contributed by atoms with Gasteiger partial charge in [0, 0.05) is 32.1 Å². The van der Waals surface area contributed by atoms with Crippen LogP contribution in [0.2, 0.25) is 0 Å². The third-order valence-corrected chi connectivity index (χ3v) is 3.94. The predicted molar refractivity (Wildman–Crippen MR) is 85.9 cm³/mol. The second-order valence-electron chi connectivity index (χ2n) is 5.34. The van der Waals surface area contributed by atoms with Gasteiger partial charge in [0.15, 0.2) is 11.5 Å². The Hall–Kier alpha value is -2.43. The number of pyridine rings is 1. The summed E-state index contributed by atoms with van der Waals surface area (Å²) in [6, 6.07) is 11.4. The van der Waals surface area contributed by atoms with Crippen LogP contribution in [0.5, 0.6) is 11.5 Å². The van der Waals surface area contributed by atoms with Crippen molar-refractivity contribution in [3.63, 3.8) is 0 Å². The van der Waals surface area contributed by atoms with Crippen LogP contribution in [0.1, 0.15) is 12.8 Å². The lowest BCUT2D eigenvalue weighted by Gasteiger charge is -2.33. The van der Waals surface area contributed by atoms with Crippen LogP contribution in [0.3, 0.4) is 0 Å². The van der Waals surface area contributed by atoms with Gasteiger partial charge < -0.3 is 19.4 Å². The Labute approximate surface area is 129 Å². The minimum Gasteiger partial charge on any atom is -0.493 e. The van der Waals surface area contributed by atoms with Crippen LogP contribution in [0.15, 0.2) is 47.4 Å². The van der Waals surface area contributed by atoms with Crippen LogP contribution < -0.4 is 19.9 Å². The molecule has 2 heterocycles. The van der Waals surface area contributed by atoms with Crippen molar-refractivity contribution in [2.75, 3.05) is 25.1 Å². The first kappa shape index (κ1) is 14.5. The Morgan fingerprint density at radius 2 is 1.82 bits per heavy atom. The zero-order chi connectivity index (χ0) is 15.4. The number of piperidine rings is 1. The van der Waals surface area contributed by atoms with Crippen molar-refractivity contribution >= 4 is 5.69 Å². The number of aromatic nitrogens is 1. The molecule has 1 aromatic heterocycles. The molecule has 5 heteroatoms. The quantitative estimate of drug-likeness (QED) is 0.942. The topological polar surface area (TPSA) is 54.6 Å². The highest BCUT2D eigenvalue weighted by atomic mass is 16.5. The minimum atomic E-state index is -0.0356. The van der Waals surface area contributed by atoms with Gasteiger partial charge in [-0.15, -0.1) is 0 Å². The lowest BCUT2D eigenvalue weighted by molar-refractivity contribution is 0.164. The number of para-hydroxylation sites is 2. The van der Waals surface area contributed by atoms with Crippen molar-refractivity contribution < 1.29 is 9.47 Å².